The second kappa shape index (κ2) is 7.12. The topological polar surface area (TPSA) is 55.1 Å². The molecule has 0 bridgehead atoms. The molecule has 1 unspecified atom stereocenters. The molecule has 4 heteroatoms. The van der Waals surface area contributed by atoms with Crippen molar-refractivity contribution < 1.29 is 4.79 Å². The highest BCUT2D eigenvalue weighted by Crippen LogP contribution is 2.26. The van der Waals surface area contributed by atoms with Crippen LogP contribution in [0.25, 0.3) is 0 Å². The maximum Gasteiger partial charge on any atom is 0.217 e. The summed E-state index contributed by atoms with van der Waals surface area (Å²) in [4.78, 5) is 10.6. The van der Waals surface area contributed by atoms with Crippen LogP contribution in [0.3, 0.4) is 0 Å². The van der Waals surface area contributed by atoms with E-state index < -0.39 is 0 Å². The van der Waals surface area contributed by atoms with Gasteiger partial charge in [-0.05, 0) is 44.0 Å². The largest absolute Gasteiger partial charge is 0.370 e. The summed E-state index contributed by atoms with van der Waals surface area (Å²) in [6.07, 6.45) is 4.05. The van der Waals surface area contributed by atoms with E-state index >= 15 is 0 Å². The average Bonchev–Trinajstić information content (AvgIpc) is 2.25. The summed E-state index contributed by atoms with van der Waals surface area (Å²) in [6.45, 7) is 4.64. The Kier molecular flexibility index (Phi) is 6.10. The van der Waals surface area contributed by atoms with Gasteiger partial charge in [-0.15, -0.1) is 0 Å². The van der Waals surface area contributed by atoms with Gasteiger partial charge < -0.3 is 11.1 Å². The molecule has 1 heterocycles. The summed E-state index contributed by atoms with van der Waals surface area (Å²) in [5.74, 6) is 1.74. The second-order valence-corrected chi connectivity index (χ2v) is 5.72. The smallest absolute Gasteiger partial charge is 0.217 e. The second-order valence-electron chi connectivity index (χ2n) is 4.23. The molecule has 1 aliphatic rings. The molecular formula is C11H22N2OS. The van der Waals surface area contributed by atoms with Crippen molar-refractivity contribution in [3.8, 4) is 0 Å². The number of carbonyl (C=O) groups is 1. The van der Waals surface area contributed by atoms with E-state index in [1.807, 2.05) is 11.8 Å². The van der Waals surface area contributed by atoms with E-state index in [9.17, 15) is 4.79 Å². The molecule has 15 heavy (non-hydrogen) atoms. The number of hydrogen-bond donors (Lipinski definition) is 2. The first-order chi connectivity index (χ1) is 7.20. The lowest BCUT2D eigenvalue weighted by Gasteiger charge is -2.27. The monoisotopic (exact) mass is 230 g/mol. The van der Waals surface area contributed by atoms with Crippen molar-refractivity contribution >= 4 is 17.7 Å². The normalized spacial score (nSPS) is 20.1. The van der Waals surface area contributed by atoms with Gasteiger partial charge >= 0.3 is 0 Å². The van der Waals surface area contributed by atoms with Gasteiger partial charge in [0, 0.05) is 11.7 Å². The fourth-order valence-corrected chi connectivity index (χ4v) is 3.19. The number of thioether (sulfide) groups is 1. The third kappa shape index (κ3) is 5.42. The first-order valence-corrected chi connectivity index (χ1v) is 6.85. The van der Waals surface area contributed by atoms with E-state index in [2.05, 4.69) is 12.2 Å². The molecule has 0 saturated carbocycles. The standard InChI is InChI=1S/C11H22N2OS/c1-9(10-4-6-13-7-5-10)15-8-2-3-11(12)14/h9-10,13H,2-8H2,1H3,(H2,12,14). The molecule has 88 valence electrons. The maximum atomic E-state index is 10.6. The predicted molar refractivity (Wildman–Crippen MR) is 65.9 cm³/mol. The van der Waals surface area contributed by atoms with E-state index in [-0.39, 0.29) is 5.91 Å². The number of hydrogen-bond acceptors (Lipinski definition) is 3. The summed E-state index contributed by atoms with van der Waals surface area (Å²) in [7, 11) is 0. The molecule has 0 aromatic carbocycles. The highest BCUT2D eigenvalue weighted by atomic mass is 32.2. The fraction of sp³-hybridized carbons (Fsp3) is 0.909. The van der Waals surface area contributed by atoms with Crippen LogP contribution in [0.4, 0.5) is 0 Å². The van der Waals surface area contributed by atoms with Crippen molar-refractivity contribution in [3.63, 3.8) is 0 Å². The molecule has 1 atom stereocenters. The van der Waals surface area contributed by atoms with Gasteiger partial charge in [0.15, 0.2) is 0 Å². The quantitative estimate of drug-likeness (QED) is 0.678. The van der Waals surface area contributed by atoms with Gasteiger partial charge in [0.1, 0.15) is 0 Å². The third-order valence-corrected chi connectivity index (χ3v) is 4.43. The van der Waals surface area contributed by atoms with Crippen LogP contribution in [-0.2, 0) is 4.79 Å². The minimum absolute atomic E-state index is 0.176. The van der Waals surface area contributed by atoms with Crippen LogP contribution in [0.15, 0.2) is 0 Å². The van der Waals surface area contributed by atoms with Gasteiger partial charge in [-0.1, -0.05) is 6.92 Å². The first kappa shape index (κ1) is 12.8. The van der Waals surface area contributed by atoms with Gasteiger partial charge in [-0.25, -0.2) is 0 Å². The highest BCUT2D eigenvalue weighted by Gasteiger charge is 2.19. The zero-order valence-corrected chi connectivity index (χ0v) is 10.3. The van der Waals surface area contributed by atoms with Crippen molar-refractivity contribution in [1.29, 1.82) is 0 Å². The van der Waals surface area contributed by atoms with Crippen molar-refractivity contribution in [3.05, 3.63) is 0 Å². The predicted octanol–water partition coefficient (Wildman–Crippen LogP) is 1.37. The van der Waals surface area contributed by atoms with E-state index in [4.69, 9.17) is 5.73 Å². The number of primary amides is 1. The fourth-order valence-electron chi connectivity index (χ4n) is 1.97. The van der Waals surface area contributed by atoms with E-state index in [0.717, 1.165) is 36.4 Å². The Morgan fingerprint density at radius 3 is 2.80 bits per heavy atom. The van der Waals surface area contributed by atoms with Crippen LogP contribution >= 0.6 is 11.8 Å². The van der Waals surface area contributed by atoms with Crippen LogP contribution in [-0.4, -0.2) is 30.0 Å². The van der Waals surface area contributed by atoms with Gasteiger partial charge in [0.2, 0.25) is 5.91 Å². The molecule has 1 fully saturated rings. The summed E-state index contributed by atoms with van der Waals surface area (Å²) >= 11 is 1.99. The van der Waals surface area contributed by atoms with Gasteiger partial charge in [-0.3, -0.25) is 4.79 Å². The lowest BCUT2D eigenvalue weighted by Crippen LogP contribution is -2.31. The van der Waals surface area contributed by atoms with Crippen LogP contribution in [0.2, 0.25) is 0 Å². The molecule has 0 aliphatic carbocycles. The molecule has 1 rings (SSSR count). The molecule has 3 N–H and O–H groups in total. The molecule has 0 aromatic rings. The van der Waals surface area contributed by atoms with Crippen molar-refractivity contribution in [2.24, 2.45) is 11.7 Å². The lowest BCUT2D eigenvalue weighted by molar-refractivity contribution is -0.118. The molecule has 0 spiro atoms. The van der Waals surface area contributed by atoms with Crippen molar-refractivity contribution in [1.82, 2.24) is 5.32 Å². The summed E-state index contributed by atoms with van der Waals surface area (Å²) in [5, 5.41) is 4.10. The molecule has 1 aliphatic heterocycles. The van der Waals surface area contributed by atoms with Crippen LogP contribution < -0.4 is 11.1 Å². The lowest BCUT2D eigenvalue weighted by atomic mass is 9.95. The summed E-state index contributed by atoms with van der Waals surface area (Å²) in [5.41, 5.74) is 5.10. The van der Waals surface area contributed by atoms with Crippen molar-refractivity contribution in [2.75, 3.05) is 18.8 Å². The molecule has 1 saturated heterocycles. The van der Waals surface area contributed by atoms with E-state index in [1.54, 1.807) is 0 Å². The van der Waals surface area contributed by atoms with Crippen molar-refractivity contribution in [2.45, 2.75) is 37.9 Å². The van der Waals surface area contributed by atoms with Crippen LogP contribution in [0.5, 0.6) is 0 Å². The van der Waals surface area contributed by atoms with E-state index in [1.165, 1.54) is 12.8 Å². The van der Waals surface area contributed by atoms with Gasteiger partial charge in [-0.2, -0.15) is 11.8 Å². The highest BCUT2D eigenvalue weighted by molar-refractivity contribution is 7.99. The number of nitrogens with one attached hydrogen (secondary N) is 1. The minimum Gasteiger partial charge on any atom is -0.370 e. The molecule has 0 radical (unpaired) electrons. The van der Waals surface area contributed by atoms with Crippen LogP contribution in [0.1, 0.15) is 32.6 Å². The zero-order valence-electron chi connectivity index (χ0n) is 9.50. The van der Waals surface area contributed by atoms with Gasteiger partial charge in [0.25, 0.3) is 0 Å². The minimum atomic E-state index is -0.176. The third-order valence-electron chi connectivity index (χ3n) is 3.00. The Labute approximate surface area is 96.6 Å². The number of rotatable bonds is 6. The Bertz CT molecular complexity index is 193. The Balaban J connectivity index is 2.06. The number of amides is 1. The summed E-state index contributed by atoms with van der Waals surface area (Å²) in [6, 6.07) is 0. The molecule has 3 nitrogen and oxygen atoms in total. The molecule has 0 aromatic heterocycles. The number of piperidine rings is 1. The van der Waals surface area contributed by atoms with Crippen LogP contribution in [0, 0.1) is 5.92 Å². The Morgan fingerprint density at radius 1 is 1.53 bits per heavy atom. The number of nitrogens with two attached hydrogens (primary N) is 1. The van der Waals surface area contributed by atoms with E-state index in [0.29, 0.717) is 6.42 Å². The number of carbonyl (C=O) groups excluding carboxylic acids is 1. The SMILES string of the molecule is CC(SCCCC(N)=O)C1CCNCC1. The zero-order chi connectivity index (χ0) is 11.1. The molecule has 1 amide bonds. The summed E-state index contributed by atoms with van der Waals surface area (Å²) < 4.78 is 0. The molecular weight excluding hydrogens is 208 g/mol. The average molecular weight is 230 g/mol. The first-order valence-electron chi connectivity index (χ1n) is 5.81. The maximum absolute atomic E-state index is 10.6. The van der Waals surface area contributed by atoms with Gasteiger partial charge in [0.05, 0.1) is 0 Å². The Morgan fingerprint density at radius 2 is 2.20 bits per heavy atom. The Hall–Kier alpha value is -0.220.